The van der Waals surface area contributed by atoms with Crippen molar-refractivity contribution < 1.29 is 4.79 Å². The first kappa shape index (κ1) is 12.5. The highest BCUT2D eigenvalue weighted by molar-refractivity contribution is 9.10. The quantitative estimate of drug-likeness (QED) is 0.865. The summed E-state index contributed by atoms with van der Waals surface area (Å²) in [7, 11) is 0. The van der Waals surface area contributed by atoms with Crippen LogP contribution in [-0.4, -0.2) is 28.9 Å². The Balaban J connectivity index is 2.50. The molecule has 1 aromatic rings. The molecule has 0 aliphatic rings. The number of hydrogen-bond donors (Lipinski definition) is 1. The third-order valence-electron chi connectivity index (χ3n) is 1.94. The fraction of sp³-hybridized carbons (Fsp3) is 0.400. The van der Waals surface area contributed by atoms with E-state index >= 15 is 0 Å². The van der Waals surface area contributed by atoms with E-state index in [2.05, 4.69) is 33.2 Å². The monoisotopic (exact) mass is 288 g/mol. The molecular weight excluding hydrogens is 276 g/mol. The molecule has 1 rings (SSSR count). The molecule has 1 N–H and O–H groups in total. The molecule has 1 aromatic heterocycles. The average Bonchev–Trinajstić information content (AvgIpc) is 2.26. The first-order valence-corrected chi connectivity index (χ1v) is 6.64. The van der Waals surface area contributed by atoms with E-state index in [9.17, 15) is 4.79 Å². The second-order valence-corrected chi connectivity index (χ2v) is 5.21. The van der Waals surface area contributed by atoms with Crippen molar-refractivity contribution in [3.05, 3.63) is 28.5 Å². The Kier molecular flexibility index (Phi) is 5.11. The summed E-state index contributed by atoms with van der Waals surface area (Å²) in [5.41, 5.74) is 0.589. The van der Waals surface area contributed by atoms with Gasteiger partial charge in [-0.2, -0.15) is 11.8 Å². The lowest BCUT2D eigenvalue weighted by Gasteiger charge is -2.09. The van der Waals surface area contributed by atoms with Gasteiger partial charge in [0, 0.05) is 18.0 Å². The van der Waals surface area contributed by atoms with Crippen LogP contribution in [0.4, 0.5) is 0 Å². The molecule has 0 aliphatic heterocycles. The molecule has 82 valence electrons. The van der Waals surface area contributed by atoms with Gasteiger partial charge in [-0.25, -0.2) is 4.98 Å². The largest absolute Gasteiger partial charge is 0.351 e. The van der Waals surface area contributed by atoms with Gasteiger partial charge >= 0.3 is 0 Å². The summed E-state index contributed by atoms with van der Waals surface area (Å²) < 4.78 is 0.733. The summed E-state index contributed by atoms with van der Waals surface area (Å²) in [5.74, 6) is -0.0732. The smallest absolute Gasteiger partial charge is 0.252 e. The summed E-state index contributed by atoms with van der Waals surface area (Å²) >= 11 is 4.95. The van der Waals surface area contributed by atoms with Gasteiger partial charge < -0.3 is 5.32 Å². The molecule has 1 amide bonds. The van der Waals surface area contributed by atoms with Crippen LogP contribution in [0, 0.1) is 0 Å². The van der Waals surface area contributed by atoms with Gasteiger partial charge in [-0.05, 0) is 34.3 Å². The lowest BCUT2D eigenvalue weighted by atomic mass is 10.2. The maximum absolute atomic E-state index is 11.6. The second-order valence-electron chi connectivity index (χ2n) is 3.13. The molecule has 0 saturated carbocycles. The van der Waals surface area contributed by atoms with Gasteiger partial charge in [-0.1, -0.05) is 6.92 Å². The van der Waals surface area contributed by atoms with Crippen molar-refractivity contribution in [2.75, 3.05) is 12.8 Å². The number of thioether (sulfide) groups is 1. The Morgan fingerprint density at radius 1 is 1.67 bits per heavy atom. The van der Waals surface area contributed by atoms with Gasteiger partial charge in [-0.3, -0.25) is 4.79 Å². The number of halogens is 1. The number of hydrogen-bond acceptors (Lipinski definition) is 3. The van der Waals surface area contributed by atoms with Crippen LogP contribution in [0.1, 0.15) is 17.3 Å². The molecule has 0 bridgehead atoms. The average molecular weight is 289 g/mol. The van der Waals surface area contributed by atoms with Crippen LogP contribution in [0.3, 0.4) is 0 Å². The minimum absolute atomic E-state index is 0.0732. The number of nitrogens with zero attached hydrogens (tertiary/aromatic N) is 1. The topological polar surface area (TPSA) is 42.0 Å². The lowest BCUT2D eigenvalue weighted by molar-refractivity contribution is 0.0954. The Morgan fingerprint density at radius 2 is 2.40 bits per heavy atom. The number of aromatic nitrogens is 1. The Bertz CT molecular complexity index is 329. The van der Waals surface area contributed by atoms with E-state index in [0.717, 1.165) is 4.60 Å². The molecule has 0 fully saturated rings. The van der Waals surface area contributed by atoms with Gasteiger partial charge in [0.1, 0.15) is 4.60 Å². The van der Waals surface area contributed by atoms with E-state index in [-0.39, 0.29) is 5.91 Å². The fourth-order valence-electron chi connectivity index (χ4n) is 0.932. The zero-order chi connectivity index (χ0) is 11.3. The van der Waals surface area contributed by atoms with Gasteiger partial charge in [0.05, 0.1) is 5.56 Å². The van der Waals surface area contributed by atoms with Crippen LogP contribution in [0.25, 0.3) is 0 Å². The summed E-state index contributed by atoms with van der Waals surface area (Å²) in [6.07, 6.45) is 3.58. The van der Waals surface area contributed by atoms with Crippen molar-refractivity contribution in [2.24, 2.45) is 0 Å². The zero-order valence-electron chi connectivity index (χ0n) is 8.66. The van der Waals surface area contributed by atoms with E-state index in [1.54, 1.807) is 30.1 Å². The molecule has 0 radical (unpaired) electrons. The molecular formula is C10H13BrN2OS. The zero-order valence-corrected chi connectivity index (χ0v) is 11.1. The number of carbonyl (C=O) groups excluding carboxylic acids is 1. The lowest BCUT2D eigenvalue weighted by Crippen LogP contribution is -2.29. The molecule has 5 heteroatoms. The van der Waals surface area contributed by atoms with Crippen LogP contribution < -0.4 is 5.32 Å². The summed E-state index contributed by atoms with van der Waals surface area (Å²) in [6, 6.07) is 3.50. The van der Waals surface area contributed by atoms with Gasteiger partial charge in [0.2, 0.25) is 0 Å². The van der Waals surface area contributed by atoms with Crippen molar-refractivity contribution in [3.63, 3.8) is 0 Å². The Morgan fingerprint density at radius 3 is 2.93 bits per heavy atom. The number of nitrogens with one attached hydrogen (secondary N) is 1. The van der Waals surface area contributed by atoms with E-state index in [1.807, 2.05) is 6.26 Å². The number of amides is 1. The summed E-state index contributed by atoms with van der Waals surface area (Å²) in [6.45, 7) is 2.75. The standard InChI is InChI=1S/C10H13BrN2OS/c1-7(15-2)5-13-10(14)8-3-4-9(11)12-6-8/h3-4,6-7H,5H2,1-2H3,(H,13,14). The third-order valence-corrected chi connectivity index (χ3v) is 3.38. The SMILES string of the molecule is CSC(C)CNC(=O)c1ccc(Br)nc1. The molecule has 15 heavy (non-hydrogen) atoms. The highest BCUT2D eigenvalue weighted by Gasteiger charge is 2.06. The van der Waals surface area contributed by atoms with Gasteiger partial charge in [-0.15, -0.1) is 0 Å². The predicted molar refractivity (Wildman–Crippen MR) is 67.2 cm³/mol. The first-order chi connectivity index (χ1) is 7.13. The van der Waals surface area contributed by atoms with Crippen molar-refractivity contribution in [1.29, 1.82) is 0 Å². The molecule has 3 nitrogen and oxygen atoms in total. The minimum atomic E-state index is -0.0732. The van der Waals surface area contributed by atoms with Crippen molar-refractivity contribution in [1.82, 2.24) is 10.3 Å². The summed E-state index contributed by atoms with van der Waals surface area (Å²) in [5, 5.41) is 3.28. The number of rotatable bonds is 4. The first-order valence-electron chi connectivity index (χ1n) is 4.56. The highest BCUT2D eigenvalue weighted by Crippen LogP contribution is 2.07. The predicted octanol–water partition coefficient (Wildman–Crippen LogP) is 2.33. The molecule has 1 unspecified atom stereocenters. The summed E-state index contributed by atoms with van der Waals surface area (Å²) in [4.78, 5) is 15.6. The van der Waals surface area contributed by atoms with Crippen molar-refractivity contribution in [2.45, 2.75) is 12.2 Å². The van der Waals surface area contributed by atoms with Crippen LogP contribution in [0.15, 0.2) is 22.9 Å². The maximum Gasteiger partial charge on any atom is 0.252 e. The molecule has 1 atom stereocenters. The van der Waals surface area contributed by atoms with Crippen LogP contribution in [0.2, 0.25) is 0 Å². The van der Waals surface area contributed by atoms with Crippen LogP contribution in [0.5, 0.6) is 0 Å². The van der Waals surface area contributed by atoms with Crippen molar-refractivity contribution in [3.8, 4) is 0 Å². The van der Waals surface area contributed by atoms with Gasteiger partial charge in [0.15, 0.2) is 0 Å². The van der Waals surface area contributed by atoms with Crippen molar-refractivity contribution >= 4 is 33.6 Å². The van der Waals surface area contributed by atoms with E-state index in [0.29, 0.717) is 17.4 Å². The molecule has 0 spiro atoms. The fourth-order valence-corrected chi connectivity index (χ4v) is 1.42. The molecule has 0 saturated heterocycles. The van der Waals surface area contributed by atoms with Crippen LogP contribution >= 0.6 is 27.7 Å². The second kappa shape index (κ2) is 6.12. The molecule has 1 heterocycles. The maximum atomic E-state index is 11.6. The minimum Gasteiger partial charge on any atom is -0.351 e. The highest BCUT2D eigenvalue weighted by atomic mass is 79.9. The van der Waals surface area contributed by atoms with E-state index < -0.39 is 0 Å². The number of pyridine rings is 1. The van der Waals surface area contributed by atoms with E-state index in [4.69, 9.17) is 0 Å². The Hall–Kier alpha value is -0.550. The third kappa shape index (κ3) is 4.22. The molecule has 0 aliphatic carbocycles. The molecule has 0 aromatic carbocycles. The van der Waals surface area contributed by atoms with Gasteiger partial charge in [0.25, 0.3) is 5.91 Å². The normalized spacial score (nSPS) is 12.2. The number of carbonyl (C=O) groups is 1. The Labute approximate surface area is 102 Å². The van der Waals surface area contributed by atoms with Crippen LogP contribution in [-0.2, 0) is 0 Å². The van der Waals surface area contributed by atoms with E-state index in [1.165, 1.54) is 0 Å².